The second kappa shape index (κ2) is 9.15. The van der Waals surface area contributed by atoms with E-state index < -0.39 is 15.7 Å². The molecule has 0 unspecified atom stereocenters. The molecule has 0 saturated carbocycles. The van der Waals surface area contributed by atoms with Crippen LogP contribution in [-0.2, 0) is 14.6 Å². The summed E-state index contributed by atoms with van der Waals surface area (Å²) in [5.74, 6) is -1.06. The molecule has 0 aliphatic carbocycles. The van der Waals surface area contributed by atoms with Gasteiger partial charge in [0.2, 0.25) is 5.91 Å². The highest BCUT2D eigenvalue weighted by Gasteiger charge is 2.23. The molecule has 1 saturated heterocycles. The molecule has 1 heterocycles. The van der Waals surface area contributed by atoms with Crippen LogP contribution < -0.4 is 5.32 Å². The number of nitrogens with zero attached hydrogens (tertiary/aromatic N) is 1. The number of sulfone groups is 1. The van der Waals surface area contributed by atoms with Crippen LogP contribution in [0.2, 0.25) is 10.0 Å². The number of nitrogens with one attached hydrogen (secondary N) is 1. The number of hydrogen-bond acceptors (Lipinski definition) is 4. The Labute approximate surface area is 179 Å². The maximum atomic E-state index is 12.7. The molecule has 1 aliphatic heterocycles. The molecule has 0 bridgehead atoms. The molecule has 0 aromatic heterocycles. The third-order valence-electron chi connectivity index (χ3n) is 4.65. The predicted octanol–water partition coefficient (Wildman–Crippen LogP) is 4.03. The number of rotatable bonds is 6. The number of amides is 2. The minimum atomic E-state index is -3.63. The Balaban J connectivity index is 1.69. The molecule has 0 spiro atoms. The lowest BCUT2D eigenvalue weighted by Gasteiger charge is -2.18. The second-order valence-electron chi connectivity index (χ2n) is 6.76. The topological polar surface area (TPSA) is 83.5 Å². The molecule has 1 fully saturated rings. The lowest BCUT2D eigenvalue weighted by molar-refractivity contribution is -0.115. The van der Waals surface area contributed by atoms with Gasteiger partial charge in [-0.3, -0.25) is 9.59 Å². The Hall–Kier alpha value is -2.09. The Morgan fingerprint density at radius 3 is 2.24 bits per heavy atom. The van der Waals surface area contributed by atoms with E-state index >= 15 is 0 Å². The van der Waals surface area contributed by atoms with Crippen LogP contribution in [0, 0.1) is 0 Å². The molecule has 1 aliphatic rings. The molecular formula is C20H20Cl2N2O4S. The fourth-order valence-electron chi connectivity index (χ4n) is 3.09. The van der Waals surface area contributed by atoms with Gasteiger partial charge in [0, 0.05) is 29.6 Å². The summed E-state index contributed by atoms with van der Waals surface area (Å²) in [6.07, 6.45) is 1.64. The Morgan fingerprint density at radius 1 is 0.966 bits per heavy atom. The van der Waals surface area contributed by atoms with Crippen molar-refractivity contribution in [3.8, 4) is 0 Å². The third kappa shape index (κ3) is 5.50. The standard InChI is InChI=1S/C20H20Cl2N2O4S/c21-14-3-6-16(7-4-14)29(27,28)12-9-19(25)23-18-8-5-15(22)13-17(18)20(26)24-10-1-2-11-24/h3-8,13H,1-2,9-12H2,(H,23,25). The van der Waals surface area contributed by atoms with E-state index in [0.717, 1.165) is 12.8 Å². The minimum absolute atomic E-state index is 0.103. The van der Waals surface area contributed by atoms with E-state index in [1.54, 1.807) is 17.0 Å². The highest BCUT2D eigenvalue weighted by molar-refractivity contribution is 7.91. The van der Waals surface area contributed by atoms with Crippen LogP contribution in [-0.4, -0.2) is 44.0 Å². The second-order valence-corrected chi connectivity index (χ2v) is 9.74. The first-order valence-corrected chi connectivity index (χ1v) is 11.5. The van der Waals surface area contributed by atoms with Gasteiger partial charge < -0.3 is 10.2 Å². The molecule has 29 heavy (non-hydrogen) atoms. The van der Waals surface area contributed by atoms with Crippen molar-refractivity contribution < 1.29 is 18.0 Å². The number of benzene rings is 2. The van der Waals surface area contributed by atoms with Gasteiger partial charge in [-0.2, -0.15) is 0 Å². The molecule has 6 nitrogen and oxygen atoms in total. The van der Waals surface area contributed by atoms with Gasteiger partial charge >= 0.3 is 0 Å². The predicted molar refractivity (Wildman–Crippen MR) is 113 cm³/mol. The fraction of sp³-hybridized carbons (Fsp3) is 0.300. The van der Waals surface area contributed by atoms with Crippen LogP contribution in [0.3, 0.4) is 0 Å². The SMILES string of the molecule is O=C(CCS(=O)(=O)c1ccc(Cl)cc1)Nc1ccc(Cl)cc1C(=O)N1CCCC1. The van der Waals surface area contributed by atoms with Gasteiger partial charge in [0.1, 0.15) is 0 Å². The summed E-state index contributed by atoms with van der Waals surface area (Å²) in [6.45, 7) is 1.33. The zero-order valence-electron chi connectivity index (χ0n) is 15.5. The monoisotopic (exact) mass is 454 g/mol. The smallest absolute Gasteiger partial charge is 0.256 e. The largest absolute Gasteiger partial charge is 0.339 e. The van der Waals surface area contributed by atoms with E-state index in [0.29, 0.717) is 34.4 Å². The molecule has 0 radical (unpaired) electrons. The summed E-state index contributed by atoms with van der Waals surface area (Å²) < 4.78 is 24.8. The summed E-state index contributed by atoms with van der Waals surface area (Å²) >= 11 is 11.8. The van der Waals surface area contributed by atoms with Crippen molar-refractivity contribution in [1.29, 1.82) is 0 Å². The van der Waals surface area contributed by atoms with E-state index in [2.05, 4.69) is 5.32 Å². The molecule has 154 valence electrons. The molecule has 2 aromatic rings. The first kappa shape index (κ1) is 21.6. The van der Waals surface area contributed by atoms with Gasteiger partial charge in [-0.25, -0.2) is 8.42 Å². The van der Waals surface area contributed by atoms with Crippen molar-refractivity contribution in [2.24, 2.45) is 0 Å². The maximum Gasteiger partial charge on any atom is 0.256 e. The zero-order chi connectivity index (χ0) is 21.0. The quantitative estimate of drug-likeness (QED) is 0.713. The molecular weight excluding hydrogens is 435 g/mol. The summed E-state index contributed by atoms with van der Waals surface area (Å²) in [6, 6.07) is 10.4. The first-order valence-electron chi connectivity index (χ1n) is 9.13. The van der Waals surface area contributed by atoms with E-state index in [1.165, 1.54) is 30.3 Å². The van der Waals surface area contributed by atoms with Crippen molar-refractivity contribution >= 4 is 50.5 Å². The number of halogens is 2. The lowest BCUT2D eigenvalue weighted by Crippen LogP contribution is -2.29. The summed E-state index contributed by atoms with van der Waals surface area (Å²) in [4.78, 5) is 26.9. The van der Waals surface area contributed by atoms with E-state index in [4.69, 9.17) is 23.2 Å². The molecule has 2 amide bonds. The summed E-state index contributed by atoms with van der Waals surface area (Å²) in [5, 5.41) is 3.46. The number of hydrogen-bond donors (Lipinski definition) is 1. The van der Waals surface area contributed by atoms with Gasteiger partial charge in [0.25, 0.3) is 5.91 Å². The van der Waals surface area contributed by atoms with Crippen molar-refractivity contribution in [1.82, 2.24) is 4.90 Å². The lowest BCUT2D eigenvalue weighted by atomic mass is 10.1. The van der Waals surface area contributed by atoms with Crippen LogP contribution in [0.5, 0.6) is 0 Å². The summed E-state index contributed by atoms with van der Waals surface area (Å²) in [5.41, 5.74) is 0.619. The van der Waals surface area contributed by atoms with Crippen LogP contribution in [0.1, 0.15) is 29.6 Å². The molecule has 1 N–H and O–H groups in total. The summed E-state index contributed by atoms with van der Waals surface area (Å²) in [7, 11) is -3.63. The zero-order valence-corrected chi connectivity index (χ0v) is 17.9. The van der Waals surface area contributed by atoms with Crippen LogP contribution in [0.4, 0.5) is 5.69 Å². The fourth-order valence-corrected chi connectivity index (χ4v) is 4.63. The van der Waals surface area contributed by atoms with Gasteiger partial charge in [-0.05, 0) is 55.3 Å². The normalized spacial score (nSPS) is 14.1. The molecule has 3 rings (SSSR count). The van der Waals surface area contributed by atoms with Crippen LogP contribution in [0.15, 0.2) is 47.4 Å². The van der Waals surface area contributed by atoms with Gasteiger partial charge in [0.15, 0.2) is 9.84 Å². The molecule has 2 aromatic carbocycles. The highest BCUT2D eigenvalue weighted by atomic mass is 35.5. The minimum Gasteiger partial charge on any atom is -0.339 e. The number of carbonyl (C=O) groups excluding carboxylic acids is 2. The Bertz CT molecular complexity index is 1020. The average Bonchev–Trinajstić information content (AvgIpc) is 3.22. The number of carbonyl (C=O) groups is 2. The Kier molecular flexibility index (Phi) is 6.82. The van der Waals surface area contributed by atoms with Crippen LogP contribution in [0.25, 0.3) is 0 Å². The highest BCUT2D eigenvalue weighted by Crippen LogP contribution is 2.24. The van der Waals surface area contributed by atoms with E-state index in [9.17, 15) is 18.0 Å². The van der Waals surface area contributed by atoms with E-state index in [-0.39, 0.29) is 23.0 Å². The van der Waals surface area contributed by atoms with Crippen molar-refractivity contribution in [3.63, 3.8) is 0 Å². The van der Waals surface area contributed by atoms with Crippen molar-refractivity contribution in [2.45, 2.75) is 24.2 Å². The van der Waals surface area contributed by atoms with E-state index in [1.807, 2.05) is 0 Å². The maximum absolute atomic E-state index is 12.7. The number of likely N-dealkylation sites (tertiary alicyclic amines) is 1. The third-order valence-corrected chi connectivity index (χ3v) is 6.87. The van der Waals surface area contributed by atoms with Gasteiger partial charge in [-0.15, -0.1) is 0 Å². The van der Waals surface area contributed by atoms with Gasteiger partial charge in [-0.1, -0.05) is 23.2 Å². The van der Waals surface area contributed by atoms with Gasteiger partial charge in [0.05, 0.1) is 21.9 Å². The molecule has 9 heteroatoms. The average molecular weight is 455 g/mol. The van der Waals surface area contributed by atoms with Crippen molar-refractivity contribution in [3.05, 3.63) is 58.1 Å². The first-order chi connectivity index (χ1) is 13.8. The van der Waals surface area contributed by atoms with Crippen LogP contribution >= 0.6 is 23.2 Å². The van der Waals surface area contributed by atoms with Crippen molar-refractivity contribution in [2.75, 3.05) is 24.2 Å². The number of anilines is 1. The Morgan fingerprint density at radius 2 is 1.59 bits per heavy atom. The molecule has 0 atom stereocenters.